The predicted molar refractivity (Wildman–Crippen MR) is 69.9 cm³/mol. The summed E-state index contributed by atoms with van der Waals surface area (Å²) in [5, 5.41) is 2.73. The van der Waals surface area contributed by atoms with Gasteiger partial charge < -0.3 is 25.3 Å². The summed E-state index contributed by atoms with van der Waals surface area (Å²) in [6, 6.07) is 7.06. The van der Waals surface area contributed by atoms with Crippen LogP contribution in [0.2, 0.25) is 0 Å². The average Bonchev–Trinajstić information content (AvgIpc) is 2.45. The molecule has 2 rings (SSSR count). The molecule has 0 bridgehead atoms. The van der Waals surface area contributed by atoms with Crippen molar-refractivity contribution in [2.24, 2.45) is 0 Å². The Morgan fingerprint density at radius 3 is 3.00 bits per heavy atom. The van der Waals surface area contributed by atoms with E-state index in [-0.39, 0.29) is 18.6 Å². The minimum absolute atomic E-state index is 0.0677. The maximum absolute atomic E-state index is 11.6. The summed E-state index contributed by atoms with van der Waals surface area (Å²) in [4.78, 5) is 11.6. The first-order valence-corrected chi connectivity index (χ1v) is 6.19. The molecule has 1 aliphatic heterocycles. The van der Waals surface area contributed by atoms with Crippen molar-refractivity contribution in [2.75, 3.05) is 38.7 Å². The summed E-state index contributed by atoms with van der Waals surface area (Å²) in [5.74, 6) is 0.298. The zero-order valence-corrected chi connectivity index (χ0v) is 10.6. The Kier molecular flexibility index (Phi) is 5.00. The zero-order valence-electron chi connectivity index (χ0n) is 10.6. The van der Waals surface area contributed by atoms with Crippen molar-refractivity contribution in [3.05, 3.63) is 24.3 Å². The van der Waals surface area contributed by atoms with Gasteiger partial charge in [0.25, 0.3) is 5.91 Å². The van der Waals surface area contributed by atoms with E-state index in [9.17, 15) is 4.79 Å². The Morgan fingerprint density at radius 2 is 2.26 bits per heavy atom. The number of carbonyl (C=O) groups is 1. The summed E-state index contributed by atoms with van der Waals surface area (Å²) in [6.07, 6.45) is -0.0838. The van der Waals surface area contributed by atoms with Gasteiger partial charge in [-0.15, -0.1) is 0 Å². The van der Waals surface area contributed by atoms with Crippen LogP contribution in [0, 0.1) is 0 Å². The molecule has 1 atom stereocenters. The molecule has 1 unspecified atom stereocenters. The number of para-hydroxylation sites is 2. The number of ether oxygens (including phenoxy) is 3. The molecular formula is C13H18N2O4. The van der Waals surface area contributed by atoms with Crippen molar-refractivity contribution in [3.63, 3.8) is 0 Å². The lowest BCUT2D eigenvalue weighted by atomic mass is 10.3. The third-order valence-corrected chi connectivity index (χ3v) is 2.69. The van der Waals surface area contributed by atoms with Gasteiger partial charge in [-0.2, -0.15) is 0 Å². The molecule has 6 nitrogen and oxygen atoms in total. The van der Waals surface area contributed by atoms with Crippen LogP contribution in [0.25, 0.3) is 0 Å². The van der Waals surface area contributed by atoms with Crippen molar-refractivity contribution >= 4 is 11.6 Å². The fourth-order valence-electron chi connectivity index (χ4n) is 1.69. The number of carbonyl (C=O) groups excluding carboxylic acids is 1. The number of hydrogen-bond acceptors (Lipinski definition) is 5. The predicted octanol–water partition coefficient (Wildman–Crippen LogP) is 0.179. The van der Waals surface area contributed by atoms with Gasteiger partial charge in [-0.05, 0) is 12.1 Å². The van der Waals surface area contributed by atoms with Gasteiger partial charge in [-0.3, -0.25) is 4.79 Å². The highest BCUT2D eigenvalue weighted by atomic mass is 16.6. The quantitative estimate of drug-likeness (QED) is 0.743. The van der Waals surface area contributed by atoms with Gasteiger partial charge in [0.2, 0.25) is 0 Å². The second-order valence-corrected chi connectivity index (χ2v) is 4.20. The van der Waals surface area contributed by atoms with Gasteiger partial charge in [0.15, 0.2) is 6.61 Å². The molecule has 1 fully saturated rings. The molecule has 1 amide bonds. The molecule has 1 heterocycles. The summed E-state index contributed by atoms with van der Waals surface area (Å²) in [6.45, 7) is 2.04. The maximum Gasteiger partial charge on any atom is 0.258 e. The number of hydrogen-bond donors (Lipinski definition) is 2. The van der Waals surface area contributed by atoms with E-state index in [2.05, 4.69) is 5.32 Å². The molecule has 0 radical (unpaired) electrons. The van der Waals surface area contributed by atoms with Crippen molar-refractivity contribution < 1.29 is 19.0 Å². The third-order valence-electron chi connectivity index (χ3n) is 2.69. The summed E-state index contributed by atoms with van der Waals surface area (Å²) >= 11 is 0. The molecule has 0 aliphatic carbocycles. The highest BCUT2D eigenvalue weighted by Gasteiger charge is 2.15. The lowest BCUT2D eigenvalue weighted by Gasteiger charge is -2.23. The first-order chi connectivity index (χ1) is 9.25. The number of anilines is 1. The molecule has 1 aromatic rings. The van der Waals surface area contributed by atoms with E-state index in [1.165, 1.54) is 0 Å². The zero-order chi connectivity index (χ0) is 13.5. The maximum atomic E-state index is 11.6. The molecular weight excluding hydrogens is 248 g/mol. The van der Waals surface area contributed by atoms with Crippen molar-refractivity contribution in [1.29, 1.82) is 0 Å². The van der Waals surface area contributed by atoms with E-state index in [0.29, 0.717) is 37.8 Å². The minimum atomic E-state index is -0.211. The van der Waals surface area contributed by atoms with Gasteiger partial charge in [-0.1, -0.05) is 12.1 Å². The lowest BCUT2D eigenvalue weighted by molar-refractivity contribution is -0.125. The first kappa shape index (κ1) is 13.6. The molecule has 1 aliphatic rings. The van der Waals surface area contributed by atoms with Gasteiger partial charge >= 0.3 is 0 Å². The summed E-state index contributed by atoms with van der Waals surface area (Å²) in [5.41, 5.74) is 6.22. The van der Waals surface area contributed by atoms with Crippen LogP contribution < -0.4 is 15.8 Å². The van der Waals surface area contributed by atoms with Crippen LogP contribution in [0.4, 0.5) is 5.69 Å². The highest BCUT2D eigenvalue weighted by molar-refractivity contribution is 5.77. The number of rotatable bonds is 5. The number of nitrogen functional groups attached to an aromatic ring is 1. The second kappa shape index (κ2) is 6.96. The van der Waals surface area contributed by atoms with Crippen molar-refractivity contribution in [1.82, 2.24) is 5.32 Å². The van der Waals surface area contributed by atoms with Crippen LogP contribution >= 0.6 is 0 Å². The van der Waals surface area contributed by atoms with Crippen LogP contribution in [0.1, 0.15) is 0 Å². The monoisotopic (exact) mass is 266 g/mol. The lowest BCUT2D eigenvalue weighted by Crippen LogP contribution is -2.41. The number of amides is 1. The van der Waals surface area contributed by atoms with E-state index < -0.39 is 0 Å². The van der Waals surface area contributed by atoms with Crippen LogP contribution in [-0.4, -0.2) is 45.0 Å². The molecule has 0 saturated carbocycles. The molecule has 1 aromatic carbocycles. The normalized spacial score (nSPS) is 18.8. The van der Waals surface area contributed by atoms with E-state index in [4.69, 9.17) is 19.9 Å². The summed E-state index contributed by atoms with van der Waals surface area (Å²) < 4.78 is 16.0. The Labute approximate surface area is 111 Å². The van der Waals surface area contributed by atoms with Gasteiger partial charge in [0.1, 0.15) is 5.75 Å². The Hall–Kier alpha value is -1.79. The Balaban J connectivity index is 1.68. The molecule has 19 heavy (non-hydrogen) atoms. The van der Waals surface area contributed by atoms with Gasteiger partial charge in [0.05, 0.1) is 31.6 Å². The van der Waals surface area contributed by atoms with E-state index in [1.54, 1.807) is 18.2 Å². The Bertz CT molecular complexity index is 419. The van der Waals surface area contributed by atoms with Gasteiger partial charge in [0, 0.05) is 6.54 Å². The molecule has 1 saturated heterocycles. The molecule has 104 valence electrons. The van der Waals surface area contributed by atoms with Crippen LogP contribution in [0.3, 0.4) is 0 Å². The van der Waals surface area contributed by atoms with E-state index >= 15 is 0 Å². The van der Waals surface area contributed by atoms with Gasteiger partial charge in [-0.25, -0.2) is 0 Å². The molecule has 3 N–H and O–H groups in total. The fraction of sp³-hybridized carbons (Fsp3) is 0.462. The largest absolute Gasteiger partial charge is 0.482 e. The summed E-state index contributed by atoms with van der Waals surface area (Å²) in [7, 11) is 0. The standard InChI is InChI=1S/C13H18N2O4/c14-11-3-1-2-4-12(11)19-9-13(16)15-7-10-8-17-5-6-18-10/h1-4,10H,5-9,14H2,(H,15,16). The van der Waals surface area contributed by atoms with E-state index in [0.717, 1.165) is 0 Å². The average molecular weight is 266 g/mol. The number of nitrogens with two attached hydrogens (primary N) is 1. The molecule has 0 spiro atoms. The second-order valence-electron chi connectivity index (χ2n) is 4.20. The topological polar surface area (TPSA) is 82.8 Å². The SMILES string of the molecule is Nc1ccccc1OCC(=O)NCC1COCCO1. The van der Waals surface area contributed by atoms with Crippen LogP contribution in [0.5, 0.6) is 5.75 Å². The first-order valence-electron chi connectivity index (χ1n) is 6.19. The highest BCUT2D eigenvalue weighted by Crippen LogP contribution is 2.19. The Morgan fingerprint density at radius 1 is 1.42 bits per heavy atom. The van der Waals surface area contributed by atoms with Crippen LogP contribution in [0.15, 0.2) is 24.3 Å². The minimum Gasteiger partial charge on any atom is -0.482 e. The third kappa shape index (κ3) is 4.42. The molecule has 6 heteroatoms. The fourth-order valence-corrected chi connectivity index (χ4v) is 1.69. The van der Waals surface area contributed by atoms with E-state index in [1.807, 2.05) is 6.07 Å². The van der Waals surface area contributed by atoms with Crippen molar-refractivity contribution in [2.45, 2.75) is 6.10 Å². The number of benzene rings is 1. The van der Waals surface area contributed by atoms with Crippen molar-refractivity contribution in [3.8, 4) is 5.75 Å². The van der Waals surface area contributed by atoms with Crippen LogP contribution in [-0.2, 0) is 14.3 Å². The molecule has 0 aromatic heterocycles. The smallest absolute Gasteiger partial charge is 0.258 e. The number of nitrogens with one attached hydrogen (secondary N) is 1.